The minimum absolute atomic E-state index is 0.569. The molecule has 0 amide bonds. The Hall–Kier alpha value is -2.57. The van der Waals surface area contributed by atoms with E-state index in [-0.39, 0.29) is 0 Å². The van der Waals surface area contributed by atoms with Crippen molar-refractivity contribution < 1.29 is 13.2 Å². The first kappa shape index (κ1) is 14.4. The Kier molecular flexibility index (Phi) is 3.48. The maximum Gasteiger partial charge on any atom is 0.416 e. The summed E-state index contributed by atoms with van der Waals surface area (Å²) in [6.07, 6.45) is 2.62. The van der Waals surface area contributed by atoms with E-state index in [9.17, 15) is 13.2 Å². The largest absolute Gasteiger partial charge is 0.416 e. The maximum absolute atomic E-state index is 12.5. The average Bonchev–Trinajstić information content (AvgIpc) is 3.09. The van der Waals surface area contributed by atoms with Gasteiger partial charge in [0.2, 0.25) is 0 Å². The molecule has 0 aliphatic rings. The standard InChI is InChI=1S/C15H13F3N4/c1-11-19-6-7-21(11)8-13-9-22(10-20-13)14-4-2-12(3-5-14)15(16,17)18/h2-7,9-10H,8H2,1H3. The SMILES string of the molecule is Cc1nccn1Cc1cn(-c2ccc(C(F)(F)F)cc2)cn1. The van der Waals surface area contributed by atoms with Gasteiger partial charge in [-0.2, -0.15) is 13.2 Å². The van der Waals surface area contributed by atoms with Crippen LogP contribution in [0.5, 0.6) is 0 Å². The first-order chi connectivity index (χ1) is 10.4. The highest BCUT2D eigenvalue weighted by Gasteiger charge is 2.29. The number of aromatic nitrogens is 4. The van der Waals surface area contributed by atoms with Gasteiger partial charge in [0.25, 0.3) is 0 Å². The molecule has 22 heavy (non-hydrogen) atoms. The number of imidazole rings is 2. The molecule has 0 aliphatic heterocycles. The minimum Gasteiger partial charge on any atom is -0.329 e. The summed E-state index contributed by atoms with van der Waals surface area (Å²) in [6, 6.07) is 4.98. The third-order valence-electron chi connectivity index (χ3n) is 3.38. The van der Waals surface area contributed by atoms with Crippen molar-refractivity contribution in [3.63, 3.8) is 0 Å². The van der Waals surface area contributed by atoms with Gasteiger partial charge in [0.1, 0.15) is 5.82 Å². The molecule has 0 aliphatic carbocycles. The Balaban J connectivity index is 1.80. The quantitative estimate of drug-likeness (QED) is 0.743. The molecular weight excluding hydrogens is 293 g/mol. The molecule has 3 aromatic rings. The van der Waals surface area contributed by atoms with Gasteiger partial charge in [-0.3, -0.25) is 0 Å². The van der Waals surface area contributed by atoms with Crippen LogP contribution in [0.2, 0.25) is 0 Å². The highest BCUT2D eigenvalue weighted by atomic mass is 19.4. The van der Waals surface area contributed by atoms with Crippen molar-refractivity contribution in [2.24, 2.45) is 0 Å². The molecule has 114 valence electrons. The highest BCUT2D eigenvalue weighted by Crippen LogP contribution is 2.29. The molecule has 0 bridgehead atoms. The second-order valence-electron chi connectivity index (χ2n) is 4.92. The number of nitrogens with zero attached hydrogens (tertiary/aromatic N) is 4. The number of benzene rings is 1. The lowest BCUT2D eigenvalue weighted by Gasteiger charge is -2.07. The molecule has 0 radical (unpaired) electrons. The van der Waals surface area contributed by atoms with Gasteiger partial charge < -0.3 is 9.13 Å². The minimum atomic E-state index is -4.32. The number of rotatable bonds is 3. The summed E-state index contributed by atoms with van der Waals surface area (Å²) < 4.78 is 41.3. The number of alkyl halides is 3. The van der Waals surface area contributed by atoms with Gasteiger partial charge in [-0.05, 0) is 31.2 Å². The van der Waals surface area contributed by atoms with Crippen molar-refractivity contribution in [3.05, 3.63) is 66.3 Å². The van der Waals surface area contributed by atoms with Crippen LogP contribution in [0.15, 0.2) is 49.2 Å². The fourth-order valence-corrected chi connectivity index (χ4v) is 2.15. The molecule has 2 aromatic heterocycles. The van der Waals surface area contributed by atoms with Crippen LogP contribution in [-0.4, -0.2) is 19.1 Å². The Morgan fingerprint density at radius 1 is 1.09 bits per heavy atom. The summed E-state index contributed by atoms with van der Waals surface area (Å²) in [6.45, 7) is 2.46. The summed E-state index contributed by atoms with van der Waals surface area (Å²) in [5.74, 6) is 0.879. The molecule has 0 saturated carbocycles. The summed E-state index contributed by atoms with van der Waals surface area (Å²) >= 11 is 0. The third-order valence-corrected chi connectivity index (χ3v) is 3.38. The summed E-state index contributed by atoms with van der Waals surface area (Å²) in [5, 5.41) is 0. The van der Waals surface area contributed by atoms with Crippen molar-refractivity contribution in [1.29, 1.82) is 0 Å². The van der Waals surface area contributed by atoms with E-state index in [4.69, 9.17) is 0 Å². The van der Waals surface area contributed by atoms with Crippen LogP contribution in [-0.2, 0) is 12.7 Å². The number of aryl methyl sites for hydroxylation is 1. The molecule has 1 aromatic carbocycles. The van der Waals surface area contributed by atoms with Crippen LogP contribution < -0.4 is 0 Å². The van der Waals surface area contributed by atoms with E-state index >= 15 is 0 Å². The number of hydrogen-bond donors (Lipinski definition) is 0. The summed E-state index contributed by atoms with van der Waals surface area (Å²) in [7, 11) is 0. The highest BCUT2D eigenvalue weighted by molar-refractivity contribution is 5.36. The Bertz CT molecular complexity index is 769. The van der Waals surface area contributed by atoms with Crippen LogP contribution in [0.1, 0.15) is 17.1 Å². The molecule has 0 atom stereocenters. The topological polar surface area (TPSA) is 35.6 Å². The summed E-state index contributed by atoms with van der Waals surface area (Å²) in [4.78, 5) is 8.40. The molecule has 7 heteroatoms. The molecule has 0 fully saturated rings. The van der Waals surface area contributed by atoms with Gasteiger partial charge in [-0.15, -0.1) is 0 Å². The fraction of sp³-hybridized carbons (Fsp3) is 0.200. The Labute approximate surface area is 124 Å². The van der Waals surface area contributed by atoms with E-state index < -0.39 is 11.7 Å². The van der Waals surface area contributed by atoms with E-state index in [2.05, 4.69) is 9.97 Å². The van der Waals surface area contributed by atoms with Crippen molar-refractivity contribution in [2.45, 2.75) is 19.6 Å². The zero-order valence-electron chi connectivity index (χ0n) is 11.7. The third kappa shape index (κ3) is 2.88. The van der Waals surface area contributed by atoms with E-state index in [0.29, 0.717) is 12.2 Å². The van der Waals surface area contributed by atoms with Gasteiger partial charge in [-0.1, -0.05) is 0 Å². The molecule has 3 rings (SSSR count). The lowest BCUT2D eigenvalue weighted by molar-refractivity contribution is -0.137. The van der Waals surface area contributed by atoms with E-state index in [1.807, 2.05) is 17.7 Å². The van der Waals surface area contributed by atoms with Crippen LogP contribution >= 0.6 is 0 Å². The molecular formula is C15H13F3N4. The van der Waals surface area contributed by atoms with E-state index in [1.54, 1.807) is 23.3 Å². The molecule has 0 saturated heterocycles. The Morgan fingerprint density at radius 3 is 2.41 bits per heavy atom. The summed E-state index contributed by atoms with van der Waals surface area (Å²) in [5.41, 5.74) is 0.778. The smallest absolute Gasteiger partial charge is 0.329 e. The van der Waals surface area contributed by atoms with Gasteiger partial charge in [0, 0.05) is 24.3 Å². The lowest BCUT2D eigenvalue weighted by Crippen LogP contribution is -2.04. The monoisotopic (exact) mass is 306 g/mol. The molecule has 2 heterocycles. The van der Waals surface area contributed by atoms with Crippen LogP contribution in [0, 0.1) is 6.92 Å². The second-order valence-corrected chi connectivity index (χ2v) is 4.92. The molecule has 0 N–H and O–H groups in total. The van der Waals surface area contributed by atoms with Crippen molar-refractivity contribution >= 4 is 0 Å². The fourth-order valence-electron chi connectivity index (χ4n) is 2.15. The van der Waals surface area contributed by atoms with Crippen molar-refractivity contribution in [3.8, 4) is 5.69 Å². The van der Waals surface area contributed by atoms with Crippen LogP contribution in [0.25, 0.3) is 5.69 Å². The average molecular weight is 306 g/mol. The van der Waals surface area contributed by atoms with Crippen LogP contribution in [0.4, 0.5) is 13.2 Å². The van der Waals surface area contributed by atoms with Gasteiger partial charge in [0.05, 0.1) is 24.1 Å². The molecule has 0 spiro atoms. The van der Waals surface area contributed by atoms with Gasteiger partial charge in [0.15, 0.2) is 0 Å². The molecule has 4 nitrogen and oxygen atoms in total. The zero-order valence-corrected chi connectivity index (χ0v) is 11.7. The van der Waals surface area contributed by atoms with Crippen molar-refractivity contribution in [2.75, 3.05) is 0 Å². The zero-order chi connectivity index (χ0) is 15.7. The molecule has 0 unspecified atom stereocenters. The first-order valence-electron chi connectivity index (χ1n) is 6.62. The Morgan fingerprint density at radius 2 is 1.82 bits per heavy atom. The number of halogens is 3. The normalized spacial score (nSPS) is 11.8. The van der Waals surface area contributed by atoms with Crippen molar-refractivity contribution in [1.82, 2.24) is 19.1 Å². The van der Waals surface area contributed by atoms with E-state index in [0.717, 1.165) is 23.7 Å². The first-order valence-corrected chi connectivity index (χ1v) is 6.62. The van der Waals surface area contributed by atoms with Gasteiger partial charge in [-0.25, -0.2) is 9.97 Å². The van der Waals surface area contributed by atoms with Gasteiger partial charge >= 0.3 is 6.18 Å². The number of hydrogen-bond acceptors (Lipinski definition) is 2. The van der Waals surface area contributed by atoms with E-state index in [1.165, 1.54) is 12.1 Å². The lowest BCUT2D eigenvalue weighted by atomic mass is 10.2. The maximum atomic E-state index is 12.5. The second kappa shape index (κ2) is 5.32. The predicted octanol–water partition coefficient (Wildman–Crippen LogP) is 3.44. The van der Waals surface area contributed by atoms with Crippen LogP contribution in [0.3, 0.4) is 0 Å². The predicted molar refractivity (Wildman–Crippen MR) is 74.6 cm³/mol.